The van der Waals surface area contributed by atoms with Crippen LogP contribution in [0.25, 0.3) is 0 Å². The third kappa shape index (κ3) is 2.15. The molecule has 0 unspecified atom stereocenters. The molecular weight excluding hydrogens is 256 g/mol. The molecule has 3 aliphatic carbocycles. The van der Waals surface area contributed by atoms with Crippen LogP contribution in [-0.2, 0) is 0 Å². The van der Waals surface area contributed by atoms with Crippen molar-refractivity contribution in [3.05, 3.63) is 23.8 Å². The maximum Gasteiger partial charge on any atom is 0.0779 e. The van der Waals surface area contributed by atoms with Gasteiger partial charge in [-0.2, -0.15) is 0 Å². The molecule has 0 aromatic heterocycles. The second-order valence-electron chi connectivity index (χ2n) is 8.70. The highest BCUT2D eigenvalue weighted by Crippen LogP contribution is 2.66. The monoisotopic (exact) mass is 288 g/mol. The smallest absolute Gasteiger partial charge is 0.0779 e. The molecule has 0 aromatic carbocycles. The second kappa shape index (κ2) is 4.98. The molecule has 0 amide bonds. The van der Waals surface area contributed by atoms with Gasteiger partial charge in [-0.25, -0.2) is 0 Å². The Morgan fingerprint density at radius 2 is 1.86 bits per heavy atom. The Labute approximate surface area is 130 Å². The number of hydrogen-bond donors (Lipinski definition) is 1. The van der Waals surface area contributed by atoms with Crippen LogP contribution in [0.15, 0.2) is 23.8 Å². The van der Waals surface area contributed by atoms with Gasteiger partial charge >= 0.3 is 0 Å². The topological polar surface area (TPSA) is 20.2 Å². The Balaban J connectivity index is 1.97. The van der Waals surface area contributed by atoms with Crippen LogP contribution in [0.4, 0.5) is 0 Å². The predicted molar refractivity (Wildman–Crippen MR) is 89.0 cm³/mol. The first-order chi connectivity index (χ1) is 9.79. The molecule has 6 atom stereocenters. The molecule has 2 saturated carbocycles. The number of aliphatic hydroxyl groups is 1. The highest BCUT2D eigenvalue weighted by molar-refractivity contribution is 5.19. The maximum atomic E-state index is 10.8. The zero-order valence-electron chi connectivity index (χ0n) is 14.3. The molecule has 3 aliphatic rings. The van der Waals surface area contributed by atoms with Gasteiger partial charge in [0.25, 0.3) is 0 Å². The fourth-order valence-corrected chi connectivity index (χ4v) is 6.19. The maximum absolute atomic E-state index is 10.8. The van der Waals surface area contributed by atoms with E-state index in [4.69, 9.17) is 0 Å². The number of hydrogen-bond acceptors (Lipinski definition) is 1. The van der Waals surface area contributed by atoms with E-state index in [0.717, 1.165) is 12.3 Å². The van der Waals surface area contributed by atoms with Gasteiger partial charge in [0.2, 0.25) is 0 Å². The largest absolute Gasteiger partial charge is 0.388 e. The van der Waals surface area contributed by atoms with Crippen LogP contribution < -0.4 is 0 Å². The Morgan fingerprint density at radius 1 is 1.19 bits per heavy atom. The minimum atomic E-state index is -0.258. The van der Waals surface area contributed by atoms with E-state index < -0.39 is 0 Å². The normalized spacial score (nSPS) is 49.9. The lowest BCUT2D eigenvalue weighted by Crippen LogP contribution is -2.51. The number of rotatable bonds is 1. The number of fused-ring (bicyclic) bond motifs is 3. The molecule has 1 nitrogen and oxygen atoms in total. The lowest BCUT2D eigenvalue weighted by Gasteiger charge is -2.56. The van der Waals surface area contributed by atoms with Gasteiger partial charge in [0.15, 0.2) is 0 Å². The zero-order chi connectivity index (χ0) is 15.4. The summed E-state index contributed by atoms with van der Waals surface area (Å²) in [7, 11) is 0. The Bertz CT molecular complexity index is 476. The minimum Gasteiger partial charge on any atom is -0.388 e. The van der Waals surface area contributed by atoms with Crippen molar-refractivity contribution in [3.63, 3.8) is 0 Å². The van der Waals surface area contributed by atoms with Gasteiger partial charge in [0.1, 0.15) is 0 Å². The fraction of sp³-hybridized carbons (Fsp3) is 0.800. The second-order valence-corrected chi connectivity index (χ2v) is 8.70. The summed E-state index contributed by atoms with van der Waals surface area (Å²) in [5.41, 5.74) is 3.24. The van der Waals surface area contributed by atoms with E-state index in [2.05, 4.69) is 40.3 Å². The summed E-state index contributed by atoms with van der Waals surface area (Å²) in [5, 5.41) is 10.8. The summed E-state index contributed by atoms with van der Waals surface area (Å²) in [4.78, 5) is 0. The van der Waals surface area contributed by atoms with Gasteiger partial charge in [0, 0.05) is 5.41 Å². The van der Waals surface area contributed by atoms with Crippen LogP contribution in [0.1, 0.15) is 66.2 Å². The third-order valence-corrected chi connectivity index (χ3v) is 7.49. The van der Waals surface area contributed by atoms with Gasteiger partial charge in [-0.15, -0.1) is 0 Å². The van der Waals surface area contributed by atoms with Crippen molar-refractivity contribution in [2.24, 2.45) is 28.6 Å². The van der Waals surface area contributed by atoms with Crippen molar-refractivity contribution in [2.75, 3.05) is 0 Å². The van der Waals surface area contributed by atoms with E-state index in [-0.39, 0.29) is 11.5 Å². The molecule has 0 saturated heterocycles. The molecule has 3 rings (SSSR count). The van der Waals surface area contributed by atoms with E-state index in [1.165, 1.54) is 43.3 Å². The minimum absolute atomic E-state index is 0.0764. The van der Waals surface area contributed by atoms with Crippen molar-refractivity contribution in [2.45, 2.75) is 72.3 Å². The van der Waals surface area contributed by atoms with Crippen LogP contribution >= 0.6 is 0 Å². The summed E-state index contributed by atoms with van der Waals surface area (Å²) in [6.45, 7) is 13.6. The molecule has 0 bridgehead atoms. The summed E-state index contributed by atoms with van der Waals surface area (Å²) < 4.78 is 0. The highest BCUT2D eigenvalue weighted by Gasteiger charge is 2.59. The SMILES string of the molecule is C=C(C)[C@@H]1CC[C@@]2(C)[C@@H]3CCC(C)=C[C@@H](O)[C@@]3(C)CC[C@H]12. The fourth-order valence-electron chi connectivity index (χ4n) is 6.19. The van der Waals surface area contributed by atoms with Crippen LogP contribution in [-0.4, -0.2) is 11.2 Å². The average molecular weight is 288 g/mol. The van der Waals surface area contributed by atoms with Crippen molar-refractivity contribution in [1.82, 2.24) is 0 Å². The van der Waals surface area contributed by atoms with Crippen LogP contribution in [0.3, 0.4) is 0 Å². The van der Waals surface area contributed by atoms with Gasteiger partial charge in [-0.3, -0.25) is 0 Å². The van der Waals surface area contributed by atoms with E-state index in [9.17, 15) is 5.11 Å². The van der Waals surface area contributed by atoms with Crippen molar-refractivity contribution < 1.29 is 5.11 Å². The Hall–Kier alpha value is -0.560. The first-order valence-corrected chi connectivity index (χ1v) is 8.80. The lowest BCUT2D eigenvalue weighted by atomic mass is 9.49. The quantitative estimate of drug-likeness (QED) is 0.665. The molecule has 0 aromatic rings. The van der Waals surface area contributed by atoms with Crippen LogP contribution in [0.2, 0.25) is 0 Å². The highest BCUT2D eigenvalue weighted by atomic mass is 16.3. The Kier molecular flexibility index (Phi) is 3.64. The first-order valence-electron chi connectivity index (χ1n) is 8.80. The molecular formula is C20H32O. The molecule has 1 heteroatoms. The predicted octanol–water partition coefficient (Wildman–Crippen LogP) is 5.11. The van der Waals surface area contributed by atoms with Crippen LogP contribution in [0.5, 0.6) is 0 Å². The summed E-state index contributed by atoms with van der Waals surface area (Å²) >= 11 is 0. The van der Waals surface area contributed by atoms with Gasteiger partial charge in [-0.1, -0.05) is 37.6 Å². The number of aliphatic hydroxyl groups excluding tert-OH is 1. The van der Waals surface area contributed by atoms with Crippen molar-refractivity contribution in [3.8, 4) is 0 Å². The standard InChI is InChI=1S/C20H32O/c1-13(2)15-8-10-19(4)16(15)9-11-20(5)17(19)7-6-14(3)12-18(20)21/h12,15-18,21H,1,6-11H2,2-5H3/t15-,16+,17-,18+,19+,20-/m0/s1. The first kappa shape index (κ1) is 15.3. The average Bonchev–Trinajstić information content (AvgIpc) is 2.69. The molecule has 1 N–H and O–H groups in total. The van der Waals surface area contributed by atoms with Gasteiger partial charge < -0.3 is 5.11 Å². The molecule has 118 valence electrons. The van der Waals surface area contributed by atoms with E-state index in [1.54, 1.807) is 0 Å². The summed E-state index contributed by atoms with van der Waals surface area (Å²) in [5.74, 6) is 2.16. The molecule has 0 aliphatic heterocycles. The zero-order valence-corrected chi connectivity index (χ0v) is 14.3. The molecule has 0 radical (unpaired) electrons. The van der Waals surface area contributed by atoms with Crippen molar-refractivity contribution >= 4 is 0 Å². The molecule has 0 spiro atoms. The summed E-state index contributed by atoms with van der Waals surface area (Å²) in [6, 6.07) is 0. The molecule has 0 heterocycles. The number of allylic oxidation sites excluding steroid dienone is 2. The summed E-state index contributed by atoms with van der Waals surface area (Å²) in [6.07, 6.45) is 9.38. The molecule has 2 fully saturated rings. The van der Waals surface area contributed by atoms with Gasteiger partial charge in [0.05, 0.1) is 6.10 Å². The van der Waals surface area contributed by atoms with E-state index in [0.29, 0.717) is 17.3 Å². The van der Waals surface area contributed by atoms with Gasteiger partial charge in [-0.05, 0) is 75.5 Å². The van der Waals surface area contributed by atoms with E-state index in [1.807, 2.05) is 0 Å². The molecule has 21 heavy (non-hydrogen) atoms. The lowest BCUT2D eigenvalue weighted by molar-refractivity contribution is -0.0975. The third-order valence-electron chi connectivity index (χ3n) is 7.49. The Morgan fingerprint density at radius 3 is 2.52 bits per heavy atom. The van der Waals surface area contributed by atoms with Crippen molar-refractivity contribution in [1.29, 1.82) is 0 Å². The van der Waals surface area contributed by atoms with E-state index >= 15 is 0 Å². The van der Waals surface area contributed by atoms with Crippen LogP contribution in [0, 0.1) is 28.6 Å².